The monoisotopic (exact) mass is 269 g/mol. The molecule has 2 N–H and O–H groups in total. The SMILES string of the molecule is COCc1nc(N(CC2CC2)C(C)C)sc1CN. The van der Waals surface area contributed by atoms with Gasteiger partial charge in [0.15, 0.2) is 5.13 Å². The molecule has 0 aromatic carbocycles. The van der Waals surface area contributed by atoms with Gasteiger partial charge in [0.25, 0.3) is 0 Å². The molecule has 102 valence electrons. The molecule has 0 amide bonds. The first-order valence-electron chi connectivity index (χ1n) is 6.60. The summed E-state index contributed by atoms with van der Waals surface area (Å²) in [5.41, 5.74) is 6.78. The second-order valence-electron chi connectivity index (χ2n) is 5.19. The highest BCUT2D eigenvalue weighted by atomic mass is 32.1. The summed E-state index contributed by atoms with van der Waals surface area (Å²) in [6.07, 6.45) is 2.73. The third-order valence-corrected chi connectivity index (χ3v) is 4.41. The Morgan fingerprint density at radius 2 is 2.22 bits per heavy atom. The van der Waals surface area contributed by atoms with Gasteiger partial charge in [0.2, 0.25) is 0 Å². The molecular formula is C13H23N3OS. The van der Waals surface area contributed by atoms with E-state index in [0.717, 1.165) is 28.2 Å². The first-order valence-corrected chi connectivity index (χ1v) is 7.41. The molecule has 0 spiro atoms. The predicted octanol–water partition coefficient (Wildman–Crippen LogP) is 2.37. The van der Waals surface area contributed by atoms with Gasteiger partial charge in [-0.3, -0.25) is 0 Å². The van der Waals surface area contributed by atoms with Crippen LogP contribution < -0.4 is 10.6 Å². The molecule has 0 aliphatic heterocycles. The molecule has 2 rings (SSSR count). The fraction of sp³-hybridized carbons (Fsp3) is 0.769. The molecule has 1 fully saturated rings. The number of thiazole rings is 1. The molecule has 0 atom stereocenters. The van der Waals surface area contributed by atoms with Crippen molar-refractivity contribution in [2.45, 2.75) is 45.9 Å². The molecule has 1 aliphatic carbocycles. The quantitative estimate of drug-likeness (QED) is 0.825. The average molecular weight is 269 g/mol. The molecule has 0 bridgehead atoms. The highest BCUT2D eigenvalue weighted by Crippen LogP contribution is 2.34. The molecule has 0 radical (unpaired) electrons. The Balaban J connectivity index is 2.17. The van der Waals surface area contributed by atoms with Crippen LogP contribution in [-0.2, 0) is 17.9 Å². The van der Waals surface area contributed by atoms with E-state index in [9.17, 15) is 0 Å². The maximum Gasteiger partial charge on any atom is 0.186 e. The Bertz CT molecular complexity index is 388. The van der Waals surface area contributed by atoms with Crippen molar-refractivity contribution < 1.29 is 4.74 Å². The van der Waals surface area contributed by atoms with Crippen LogP contribution in [0.25, 0.3) is 0 Å². The van der Waals surface area contributed by atoms with Gasteiger partial charge >= 0.3 is 0 Å². The van der Waals surface area contributed by atoms with E-state index in [-0.39, 0.29) is 0 Å². The zero-order chi connectivity index (χ0) is 13.1. The average Bonchev–Trinajstić information content (AvgIpc) is 3.07. The number of aromatic nitrogens is 1. The van der Waals surface area contributed by atoms with E-state index in [4.69, 9.17) is 15.5 Å². The molecule has 1 aromatic rings. The number of methoxy groups -OCH3 is 1. The number of anilines is 1. The van der Waals surface area contributed by atoms with Crippen molar-refractivity contribution in [1.82, 2.24) is 4.98 Å². The first kappa shape index (κ1) is 13.8. The third kappa shape index (κ3) is 3.22. The molecule has 1 aromatic heterocycles. The summed E-state index contributed by atoms with van der Waals surface area (Å²) in [6, 6.07) is 0.484. The molecule has 4 nitrogen and oxygen atoms in total. The zero-order valence-electron chi connectivity index (χ0n) is 11.5. The topological polar surface area (TPSA) is 51.4 Å². The van der Waals surface area contributed by atoms with E-state index in [1.807, 2.05) is 0 Å². The molecule has 1 heterocycles. The number of hydrogen-bond donors (Lipinski definition) is 1. The lowest BCUT2D eigenvalue weighted by molar-refractivity contribution is 0.181. The van der Waals surface area contributed by atoms with Crippen molar-refractivity contribution in [3.63, 3.8) is 0 Å². The van der Waals surface area contributed by atoms with Crippen molar-refractivity contribution in [2.75, 3.05) is 18.6 Å². The van der Waals surface area contributed by atoms with E-state index in [1.54, 1.807) is 18.4 Å². The summed E-state index contributed by atoms with van der Waals surface area (Å²) in [5, 5.41) is 1.10. The lowest BCUT2D eigenvalue weighted by Gasteiger charge is -2.26. The van der Waals surface area contributed by atoms with Crippen molar-refractivity contribution >= 4 is 16.5 Å². The fourth-order valence-electron chi connectivity index (χ4n) is 1.99. The largest absolute Gasteiger partial charge is 0.378 e. The molecule has 0 unspecified atom stereocenters. The highest BCUT2D eigenvalue weighted by Gasteiger charge is 2.27. The van der Waals surface area contributed by atoms with Gasteiger partial charge in [0, 0.05) is 31.1 Å². The Morgan fingerprint density at radius 3 is 2.72 bits per heavy atom. The lowest BCUT2D eigenvalue weighted by Crippen LogP contribution is -2.32. The number of ether oxygens (including phenoxy) is 1. The Hall–Kier alpha value is -0.650. The Labute approximate surface area is 113 Å². The third-order valence-electron chi connectivity index (χ3n) is 3.25. The Morgan fingerprint density at radius 1 is 1.50 bits per heavy atom. The standard InChI is InChI=1S/C13H23N3OS/c1-9(2)16(7-10-4-5-10)13-15-11(8-17-3)12(6-14)18-13/h9-10H,4-8,14H2,1-3H3. The maximum atomic E-state index is 5.78. The van der Waals surface area contributed by atoms with Gasteiger partial charge in [-0.2, -0.15) is 0 Å². The van der Waals surface area contributed by atoms with Gasteiger partial charge in [0.05, 0.1) is 12.3 Å². The lowest BCUT2D eigenvalue weighted by atomic mass is 10.3. The Kier molecular flexibility index (Phi) is 4.59. The number of rotatable bonds is 7. The van der Waals surface area contributed by atoms with Crippen LogP contribution in [0.15, 0.2) is 0 Å². The molecule has 18 heavy (non-hydrogen) atoms. The second kappa shape index (κ2) is 5.99. The maximum absolute atomic E-state index is 5.78. The van der Waals surface area contributed by atoms with Crippen LogP contribution in [0, 0.1) is 5.92 Å². The van der Waals surface area contributed by atoms with Crippen LogP contribution in [0.5, 0.6) is 0 Å². The van der Waals surface area contributed by atoms with Crippen LogP contribution in [-0.4, -0.2) is 24.7 Å². The summed E-state index contributed by atoms with van der Waals surface area (Å²) in [4.78, 5) is 8.26. The first-order chi connectivity index (χ1) is 8.65. The van der Waals surface area contributed by atoms with Crippen molar-refractivity contribution in [2.24, 2.45) is 11.7 Å². The van der Waals surface area contributed by atoms with Crippen LogP contribution >= 0.6 is 11.3 Å². The van der Waals surface area contributed by atoms with Crippen LogP contribution in [0.2, 0.25) is 0 Å². The van der Waals surface area contributed by atoms with Crippen molar-refractivity contribution in [3.05, 3.63) is 10.6 Å². The minimum atomic E-state index is 0.484. The number of nitrogens with two attached hydrogens (primary N) is 1. The molecule has 1 saturated carbocycles. The molecule has 0 saturated heterocycles. The summed E-state index contributed by atoms with van der Waals surface area (Å²) in [7, 11) is 1.70. The molecular weight excluding hydrogens is 246 g/mol. The normalized spacial score (nSPS) is 15.4. The van der Waals surface area contributed by atoms with Gasteiger partial charge in [-0.1, -0.05) is 0 Å². The van der Waals surface area contributed by atoms with Gasteiger partial charge in [-0.05, 0) is 32.6 Å². The summed E-state index contributed by atoms with van der Waals surface area (Å²) >= 11 is 1.72. The minimum Gasteiger partial charge on any atom is -0.378 e. The fourth-order valence-corrected chi connectivity index (χ4v) is 3.07. The van der Waals surface area contributed by atoms with Crippen molar-refractivity contribution in [1.29, 1.82) is 0 Å². The van der Waals surface area contributed by atoms with Crippen LogP contribution in [0.4, 0.5) is 5.13 Å². The predicted molar refractivity (Wildman–Crippen MR) is 75.9 cm³/mol. The van der Waals surface area contributed by atoms with Crippen molar-refractivity contribution in [3.8, 4) is 0 Å². The van der Waals surface area contributed by atoms with E-state index in [0.29, 0.717) is 19.2 Å². The van der Waals surface area contributed by atoms with Gasteiger partial charge in [0.1, 0.15) is 0 Å². The van der Waals surface area contributed by atoms with E-state index in [2.05, 4.69) is 18.7 Å². The number of hydrogen-bond acceptors (Lipinski definition) is 5. The van der Waals surface area contributed by atoms with Gasteiger partial charge < -0.3 is 15.4 Å². The smallest absolute Gasteiger partial charge is 0.186 e. The highest BCUT2D eigenvalue weighted by molar-refractivity contribution is 7.15. The molecule has 1 aliphatic rings. The van der Waals surface area contributed by atoms with Gasteiger partial charge in [-0.25, -0.2) is 4.98 Å². The van der Waals surface area contributed by atoms with E-state index >= 15 is 0 Å². The summed E-state index contributed by atoms with van der Waals surface area (Å²) in [5.74, 6) is 0.864. The van der Waals surface area contributed by atoms with Crippen LogP contribution in [0.1, 0.15) is 37.3 Å². The summed E-state index contributed by atoms with van der Waals surface area (Å²) in [6.45, 7) is 6.68. The van der Waals surface area contributed by atoms with Gasteiger partial charge in [-0.15, -0.1) is 11.3 Å². The minimum absolute atomic E-state index is 0.484. The second-order valence-corrected chi connectivity index (χ2v) is 6.26. The van der Waals surface area contributed by atoms with Crippen LogP contribution in [0.3, 0.4) is 0 Å². The summed E-state index contributed by atoms with van der Waals surface area (Å²) < 4.78 is 5.19. The number of nitrogens with zero attached hydrogens (tertiary/aromatic N) is 2. The van der Waals surface area contributed by atoms with E-state index < -0.39 is 0 Å². The molecule has 5 heteroatoms. The van der Waals surface area contributed by atoms with E-state index in [1.165, 1.54) is 12.8 Å². The zero-order valence-corrected chi connectivity index (χ0v) is 12.3.